The number of benzene rings is 2. The van der Waals surface area contributed by atoms with Crippen molar-refractivity contribution in [2.24, 2.45) is 0 Å². The summed E-state index contributed by atoms with van der Waals surface area (Å²) >= 11 is 0. The van der Waals surface area contributed by atoms with E-state index in [0.717, 1.165) is 49.4 Å². The highest BCUT2D eigenvalue weighted by atomic mass is 16.5. The molecule has 0 unspecified atom stereocenters. The molecule has 4 rings (SSSR count). The van der Waals surface area contributed by atoms with Gasteiger partial charge in [0.2, 0.25) is 0 Å². The predicted molar refractivity (Wildman–Crippen MR) is 126 cm³/mol. The third kappa shape index (κ3) is 4.74. The van der Waals surface area contributed by atoms with E-state index in [1.165, 1.54) is 6.42 Å². The Balaban J connectivity index is 1.54. The molecular weight excluding hydrogens is 402 g/mol. The van der Waals surface area contributed by atoms with Crippen molar-refractivity contribution in [1.29, 1.82) is 0 Å². The van der Waals surface area contributed by atoms with Gasteiger partial charge in [-0.15, -0.1) is 0 Å². The summed E-state index contributed by atoms with van der Waals surface area (Å²) in [5.41, 5.74) is 2.14. The third-order valence-corrected chi connectivity index (χ3v) is 5.87. The second-order valence-corrected chi connectivity index (χ2v) is 8.29. The summed E-state index contributed by atoms with van der Waals surface area (Å²) in [4.78, 5) is 32.5. The molecule has 0 bridgehead atoms. The van der Waals surface area contributed by atoms with E-state index in [0.29, 0.717) is 29.6 Å². The van der Waals surface area contributed by atoms with Gasteiger partial charge >= 0.3 is 0 Å². The van der Waals surface area contributed by atoms with Gasteiger partial charge < -0.3 is 9.64 Å². The van der Waals surface area contributed by atoms with Crippen LogP contribution in [0, 0.1) is 0 Å². The zero-order valence-electron chi connectivity index (χ0n) is 18.5. The molecule has 2 aromatic carbocycles. The van der Waals surface area contributed by atoms with E-state index < -0.39 is 0 Å². The fraction of sp³-hybridized carbons (Fsp3) is 0.346. The van der Waals surface area contributed by atoms with Crippen LogP contribution in [0.15, 0.2) is 59.9 Å². The molecule has 1 aliphatic rings. The lowest BCUT2D eigenvalue weighted by molar-refractivity contribution is 0.0785. The fourth-order valence-corrected chi connectivity index (χ4v) is 4.14. The first-order valence-electron chi connectivity index (χ1n) is 11.2. The Kier molecular flexibility index (Phi) is 6.69. The Hall–Kier alpha value is -3.41. The van der Waals surface area contributed by atoms with Gasteiger partial charge in [0, 0.05) is 32.1 Å². The lowest BCUT2D eigenvalue weighted by Gasteiger charge is -2.19. The molecule has 0 fully saturated rings. The van der Waals surface area contributed by atoms with Crippen LogP contribution in [-0.4, -0.2) is 34.0 Å². The van der Waals surface area contributed by atoms with E-state index in [1.54, 1.807) is 36.2 Å². The monoisotopic (exact) mass is 431 g/mol. The van der Waals surface area contributed by atoms with Gasteiger partial charge in [-0.3, -0.25) is 14.2 Å². The standard InChI is InChI=1S/C26H29N3O3/c1-3-16-32-21-12-9-19(10-13-21)18-28(2)25(30)20-11-14-22-23(17-20)27-24-8-6-4-5-7-15-29(24)26(22)31/h3,9-14,17H,1,4-8,15-16,18H2,2H3. The molecule has 166 valence electrons. The van der Waals surface area contributed by atoms with E-state index in [4.69, 9.17) is 9.72 Å². The third-order valence-electron chi connectivity index (χ3n) is 5.87. The zero-order chi connectivity index (χ0) is 22.5. The first-order chi connectivity index (χ1) is 15.6. The minimum absolute atomic E-state index is 0.00184. The second-order valence-electron chi connectivity index (χ2n) is 8.29. The number of hydrogen-bond donors (Lipinski definition) is 0. The van der Waals surface area contributed by atoms with Crippen molar-refractivity contribution in [2.75, 3.05) is 13.7 Å². The lowest BCUT2D eigenvalue weighted by atomic mass is 10.1. The second kappa shape index (κ2) is 9.81. The van der Waals surface area contributed by atoms with Crippen LogP contribution in [0.5, 0.6) is 5.75 Å². The van der Waals surface area contributed by atoms with Gasteiger partial charge in [-0.25, -0.2) is 4.98 Å². The van der Waals surface area contributed by atoms with Gasteiger partial charge in [-0.1, -0.05) is 37.6 Å². The topological polar surface area (TPSA) is 64.4 Å². The van der Waals surface area contributed by atoms with Crippen LogP contribution in [0.25, 0.3) is 10.9 Å². The number of amides is 1. The van der Waals surface area contributed by atoms with Gasteiger partial charge in [-0.2, -0.15) is 0 Å². The molecule has 6 nitrogen and oxygen atoms in total. The van der Waals surface area contributed by atoms with Crippen LogP contribution in [-0.2, 0) is 19.5 Å². The van der Waals surface area contributed by atoms with Crippen LogP contribution in [0.3, 0.4) is 0 Å². The maximum absolute atomic E-state index is 13.1. The number of aromatic nitrogens is 2. The number of nitrogens with zero attached hydrogens (tertiary/aromatic N) is 3. The number of rotatable bonds is 6. The van der Waals surface area contributed by atoms with Crippen molar-refractivity contribution in [1.82, 2.24) is 14.5 Å². The minimum atomic E-state index is -0.104. The number of aryl methyl sites for hydroxylation is 1. The molecule has 0 spiro atoms. The molecule has 32 heavy (non-hydrogen) atoms. The van der Waals surface area contributed by atoms with Crippen LogP contribution in [0.4, 0.5) is 0 Å². The summed E-state index contributed by atoms with van der Waals surface area (Å²) in [7, 11) is 1.78. The van der Waals surface area contributed by atoms with E-state index in [1.807, 2.05) is 28.8 Å². The summed E-state index contributed by atoms with van der Waals surface area (Å²) in [5.74, 6) is 1.50. The van der Waals surface area contributed by atoms with Crippen molar-refractivity contribution in [2.45, 2.75) is 45.2 Å². The summed E-state index contributed by atoms with van der Waals surface area (Å²) in [6.45, 7) is 5.29. The Morgan fingerprint density at radius 3 is 2.72 bits per heavy atom. The van der Waals surface area contributed by atoms with Gasteiger partial charge in [0.25, 0.3) is 11.5 Å². The lowest BCUT2D eigenvalue weighted by Crippen LogP contribution is -2.28. The average molecular weight is 432 g/mol. The molecule has 1 aliphatic heterocycles. The maximum Gasteiger partial charge on any atom is 0.261 e. The number of carbonyl (C=O) groups excluding carboxylic acids is 1. The van der Waals surface area contributed by atoms with Crippen LogP contribution in [0.1, 0.15) is 47.4 Å². The van der Waals surface area contributed by atoms with Gasteiger partial charge in [0.05, 0.1) is 10.9 Å². The van der Waals surface area contributed by atoms with Crippen molar-refractivity contribution in [3.63, 3.8) is 0 Å². The zero-order valence-corrected chi connectivity index (χ0v) is 18.5. The van der Waals surface area contributed by atoms with Gasteiger partial charge in [0.1, 0.15) is 18.2 Å². The quantitative estimate of drug-likeness (QED) is 0.545. The minimum Gasteiger partial charge on any atom is -0.490 e. The first kappa shape index (κ1) is 21.8. The average Bonchev–Trinajstić information content (AvgIpc) is 2.79. The molecule has 1 amide bonds. The number of carbonyl (C=O) groups is 1. The summed E-state index contributed by atoms with van der Waals surface area (Å²) in [6, 6.07) is 12.9. The van der Waals surface area contributed by atoms with Crippen LogP contribution < -0.4 is 10.3 Å². The van der Waals surface area contributed by atoms with E-state index in [9.17, 15) is 9.59 Å². The molecular formula is C26H29N3O3. The molecule has 1 aromatic heterocycles. The highest BCUT2D eigenvalue weighted by Gasteiger charge is 2.17. The molecule has 0 atom stereocenters. The number of hydrogen-bond acceptors (Lipinski definition) is 4. The number of ether oxygens (including phenoxy) is 1. The Morgan fingerprint density at radius 2 is 1.94 bits per heavy atom. The number of fused-ring (bicyclic) bond motifs is 2. The maximum atomic E-state index is 13.1. The summed E-state index contributed by atoms with van der Waals surface area (Å²) in [5, 5.41) is 0.573. The molecule has 0 saturated carbocycles. The highest BCUT2D eigenvalue weighted by molar-refractivity contribution is 5.97. The van der Waals surface area contributed by atoms with Crippen molar-refractivity contribution in [3.05, 3.63) is 82.4 Å². The molecule has 2 heterocycles. The smallest absolute Gasteiger partial charge is 0.261 e. The molecule has 0 N–H and O–H groups in total. The molecule has 0 aliphatic carbocycles. The van der Waals surface area contributed by atoms with Gasteiger partial charge in [0.15, 0.2) is 0 Å². The van der Waals surface area contributed by atoms with E-state index in [-0.39, 0.29) is 11.5 Å². The Labute approximate surface area is 188 Å². The van der Waals surface area contributed by atoms with Crippen LogP contribution >= 0.6 is 0 Å². The SMILES string of the molecule is C=CCOc1ccc(CN(C)C(=O)c2ccc3c(=O)n4c(nc3c2)CCCCCC4)cc1. The molecule has 3 aromatic rings. The first-order valence-corrected chi connectivity index (χ1v) is 11.2. The normalized spacial score (nSPS) is 13.7. The van der Waals surface area contributed by atoms with E-state index in [2.05, 4.69) is 6.58 Å². The van der Waals surface area contributed by atoms with Crippen LogP contribution in [0.2, 0.25) is 0 Å². The molecule has 6 heteroatoms. The summed E-state index contributed by atoms with van der Waals surface area (Å²) < 4.78 is 7.32. The Bertz CT molecular complexity index is 1180. The summed E-state index contributed by atoms with van der Waals surface area (Å²) in [6.07, 6.45) is 6.86. The van der Waals surface area contributed by atoms with Crippen molar-refractivity contribution < 1.29 is 9.53 Å². The molecule has 0 saturated heterocycles. The van der Waals surface area contributed by atoms with Crippen molar-refractivity contribution >= 4 is 16.8 Å². The van der Waals surface area contributed by atoms with Gasteiger partial charge in [-0.05, 0) is 48.7 Å². The Morgan fingerprint density at radius 1 is 1.16 bits per heavy atom. The van der Waals surface area contributed by atoms with Crippen molar-refractivity contribution in [3.8, 4) is 5.75 Å². The highest BCUT2D eigenvalue weighted by Crippen LogP contribution is 2.18. The molecule has 0 radical (unpaired) electrons. The van der Waals surface area contributed by atoms with E-state index >= 15 is 0 Å². The largest absolute Gasteiger partial charge is 0.490 e. The predicted octanol–water partition coefficient (Wildman–Crippen LogP) is 4.35. The fourth-order valence-electron chi connectivity index (χ4n) is 4.14.